The average molecular weight is 597 g/mol. The molecule has 0 radical (unpaired) electrons. The highest BCUT2D eigenvalue weighted by atomic mass is 16.5. The van der Waals surface area contributed by atoms with Gasteiger partial charge in [0.2, 0.25) is 5.75 Å². The van der Waals surface area contributed by atoms with Crippen LogP contribution in [0.1, 0.15) is 28.9 Å². The number of nitrogens with zero attached hydrogens (tertiary/aromatic N) is 2. The number of urea groups is 1. The Kier molecular flexibility index (Phi) is 9.35. The van der Waals surface area contributed by atoms with Gasteiger partial charge in [-0.1, -0.05) is 54.6 Å². The smallest absolute Gasteiger partial charge is 0.335 e. The number of hydrogen-bond acceptors (Lipinski definition) is 6. The van der Waals surface area contributed by atoms with E-state index in [2.05, 4.69) is 0 Å². The molecule has 228 valence electrons. The molecule has 5 rings (SSSR count). The number of ether oxygens (including phenoxy) is 4. The normalized spacial score (nSPS) is 13.6. The molecule has 1 N–H and O–H groups in total. The van der Waals surface area contributed by atoms with Crippen LogP contribution in [0.2, 0.25) is 0 Å². The largest absolute Gasteiger partial charge is 0.493 e. The summed E-state index contributed by atoms with van der Waals surface area (Å²) in [5.74, 6) is 0.671. The van der Waals surface area contributed by atoms with Crippen LogP contribution in [0.15, 0.2) is 84.9 Å². The van der Waals surface area contributed by atoms with E-state index in [0.717, 1.165) is 33.5 Å². The summed E-state index contributed by atoms with van der Waals surface area (Å²) in [6.45, 7) is 3.90. The van der Waals surface area contributed by atoms with Gasteiger partial charge in [0.1, 0.15) is 0 Å². The molecule has 0 aromatic heterocycles. The van der Waals surface area contributed by atoms with Gasteiger partial charge < -0.3 is 29.0 Å². The zero-order valence-electron chi connectivity index (χ0n) is 25.3. The number of para-hydroxylation sites is 1. The van der Waals surface area contributed by atoms with E-state index in [1.165, 1.54) is 0 Å². The van der Waals surface area contributed by atoms with Crippen LogP contribution in [-0.2, 0) is 4.74 Å². The van der Waals surface area contributed by atoms with Crippen LogP contribution >= 0.6 is 0 Å². The van der Waals surface area contributed by atoms with E-state index in [0.29, 0.717) is 43.6 Å². The quantitative estimate of drug-likeness (QED) is 0.228. The van der Waals surface area contributed by atoms with Gasteiger partial charge in [-0.15, -0.1) is 0 Å². The first kappa shape index (κ1) is 30.4. The number of benzene rings is 4. The maximum absolute atomic E-state index is 14.2. The predicted octanol–water partition coefficient (Wildman–Crippen LogP) is 6.76. The van der Waals surface area contributed by atoms with Crippen molar-refractivity contribution in [3.8, 4) is 39.5 Å². The molecule has 2 amide bonds. The summed E-state index contributed by atoms with van der Waals surface area (Å²) in [7, 11) is 4.75. The highest BCUT2D eigenvalue weighted by molar-refractivity contribution is 5.98. The highest BCUT2D eigenvalue weighted by Gasteiger charge is 2.30. The van der Waals surface area contributed by atoms with Crippen LogP contribution < -0.4 is 19.1 Å². The van der Waals surface area contributed by atoms with Gasteiger partial charge in [0, 0.05) is 18.7 Å². The van der Waals surface area contributed by atoms with E-state index >= 15 is 0 Å². The lowest BCUT2D eigenvalue weighted by Gasteiger charge is -2.37. The fourth-order valence-electron chi connectivity index (χ4n) is 5.46. The molecule has 0 bridgehead atoms. The standard InChI is InChI=1S/C35H36N2O7/c1-23(24-9-15-27(16-10-24)34(38)39)37(35(40)36-17-19-44-20-18-36)30-8-6-5-7-29(30)26-13-11-25(12-14-26)28-21-31(41-2)33(43-4)32(22-28)42-3/h5-16,21-23H,17-20H2,1-4H3,(H,38,39). The number of anilines is 1. The van der Waals surface area contributed by atoms with Gasteiger partial charge in [0.05, 0.1) is 51.8 Å². The third kappa shape index (κ3) is 6.18. The van der Waals surface area contributed by atoms with E-state index in [4.69, 9.17) is 18.9 Å². The maximum Gasteiger partial charge on any atom is 0.335 e. The minimum Gasteiger partial charge on any atom is -0.493 e. The topological polar surface area (TPSA) is 97.8 Å². The van der Waals surface area contributed by atoms with Gasteiger partial charge in [-0.3, -0.25) is 4.90 Å². The zero-order valence-corrected chi connectivity index (χ0v) is 25.3. The molecule has 1 heterocycles. The van der Waals surface area contributed by atoms with E-state index in [1.807, 2.05) is 67.6 Å². The van der Waals surface area contributed by atoms with Crippen molar-refractivity contribution in [2.24, 2.45) is 0 Å². The van der Waals surface area contributed by atoms with Crippen LogP contribution in [0, 0.1) is 0 Å². The first-order chi connectivity index (χ1) is 21.4. The van der Waals surface area contributed by atoms with E-state index in [1.54, 1.807) is 55.4 Å². The van der Waals surface area contributed by atoms with Crippen molar-refractivity contribution < 1.29 is 33.6 Å². The molecule has 1 aliphatic rings. The fourth-order valence-corrected chi connectivity index (χ4v) is 5.46. The molecule has 1 saturated heterocycles. The first-order valence-corrected chi connectivity index (χ1v) is 14.3. The van der Waals surface area contributed by atoms with Gasteiger partial charge in [-0.25, -0.2) is 9.59 Å². The van der Waals surface area contributed by atoms with Crippen molar-refractivity contribution in [3.05, 3.63) is 96.1 Å². The van der Waals surface area contributed by atoms with Crippen molar-refractivity contribution >= 4 is 17.7 Å². The van der Waals surface area contributed by atoms with E-state index in [9.17, 15) is 14.7 Å². The Bertz CT molecular complexity index is 1590. The molecule has 9 heteroatoms. The molecule has 1 unspecified atom stereocenters. The number of amides is 2. The number of carboxylic acids is 1. The monoisotopic (exact) mass is 596 g/mol. The summed E-state index contributed by atoms with van der Waals surface area (Å²) >= 11 is 0. The molecule has 4 aromatic carbocycles. The Morgan fingerprint density at radius 2 is 1.39 bits per heavy atom. The van der Waals surface area contributed by atoms with Crippen molar-refractivity contribution in [2.75, 3.05) is 52.5 Å². The van der Waals surface area contributed by atoms with Crippen LogP contribution in [0.3, 0.4) is 0 Å². The molecule has 0 spiro atoms. The molecule has 44 heavy (non-hydrogen) atoms. The van der Waals surface area contributed by atoms with Crippen LogP contribution in [-0.4, -0.2) is 69.6 Å². The average Bonchev–Trinajstić information content (AvgIpc) is 3.08. The Labute approximate surface area is 257 Å². The summed E-state index contributed by atoms with van der Waals surface area (Å²) in [5, 5.41) is 9.39. The van der Waals surface area contributed by atoms with Crippen LogP contribution in [0.5, 0.6) is 17.2 Å². The predicted molar refractivity (Wildman–Crippen MR) is 169 cm³/mol. The fraction of sp³-hybridized carbons (Fsp3) is 0.257. The second-order valence-electron chi connectivity index (χ2n) is 10.4. The number of carbonyl (C=O) groups is 2. The van der Waals surface area contributed by atoms with E-state index < -0.39 is 5.97 Å². The molecular formula is C35H36N2O7. The van der Waals surface area contributed by atoms with E-state index in [-0.39, 0.29) is 17.6 Å². The molecule has 0 aliphatic carbocycles. The summed E-state index contributed by atoms with van der Waals surface area (Å²) in [6.07, 6.45) is 0. The van der Waals surface area contributed by atoms with Gasteiger partial charge in [-0.2, -0.15) is 0 Å². The highest BCUT2D eigenvalue weighted by Crippen LogP contribution is 2.42. The third-order valence-electron chi connectivity index (χ3n) is 7.87. The molecule has 1 fully saturated rings. The first-order valence-electron chi connectivity index (χ1n) is 14.3. The Balaban J connectivity index is 1.54. The second-order valence-corrected chi connectivity index (χ2v) is 10.4. The number of carbonyl (C=O) groups excluding carboxylic acids is 1. The van der Waals surface area contributed by atoms with Crippen molar-refractivity contribution in [3.63, 3.8) is 0 Å². The minimum atomic E-state index is -0.995. The molecule has 0 saturated carbocycles. The Morgan fingerprint density at radius 3 is 1.95 bits per heavy atom. The lowest BCUT2D eigenvalue weighted by molar-refractivity contribution is 0.0545. The number of rotatable bonds is 9. The van der Waals surface area contributed by atoms with Crippen molar-refractivity contribution in [1.29, 1.82) is 0 Å². The molecule has 9 nitrogen and oxygen atoms in total. The Morgan fingerprint density at radius 1 is 0.795 bits per heavy atom. The Hall–Kier alpha value is -5.02. The van der Waals surface area contributed by atoms with Crippen molar-refractivity contribution in [2.45, 2.75) is 13.0 Å². The number of methoxy groups -OCH3 is 3. The summed E-state index contributed by atoms with van der Waals surface area (Å²) in [6, 6.07) is 25.9. The lowest BCUT2D eigenvalue weighted by atomic mass is 9.97. The van der Waals surface area contributed by atoms with Gasteiger partial charge >= 0.3 is 12.0 Å². The third-order valence-corrected chi connectivity index (χ3v) is 7.87. The minimum absolute atomic E-state index is 0.135. The van der Waals surface area contributed by atoms with Crippen molar-refractivity contribution in [1.82, 2.24) is 4.90 Å². The summed E-state index contributed by atoms with van der Waals surface area (Å²) in [5.41, 5.74) is 5.45. The molecule has 1 aliphatic heterocycles. The zero-order chi connectivity index (χ0) is 31.2. The van der Waals surface area contributed by atoms with Gasteiger partial charge in [0.25, 0.3) is 0 Å². The van der Waals surface area contributed by atoms with Crippen LogP contribution in [0.25, 0.3) is 22.3 Å². The van der Waals surface area contributed by atoms with Gasteiger partial charge in [-0.05, 0) is 59.5 Å². The maximum atomic E-state index is 14.2. The second kappa shape index (κ2) is 13.5. The summed E-state index contributed by atoms with van der Waals surface area (Å²) < 4.78 is 22.1. The number of aromatic carboxylic acids is 1. The number of hydrogen-bond donors (Lipinski definition) is 1. The van der Waals surface area contributed by atoms with Gasteiger partial charge in [0.15, 0.2) is 11.5 Å². The van der Waals surface area contributed by atoms with Crippen LogP contribution in [0.4, 0.5) is 10.5 Å². The molecule has 4 aromatic rings. The molecular weight excluding hydrogens is 560 g/mol. The number of carboxylic acid groups (broad SMARTS) is 1. The molecule has 1 atom stereocenters. The lowest BCUT2D eigenvalue weighted by Crippen LogP contribution is -2.49. The SMILES string of the molecule is COc1cc(-c2ccc(-c3ccccc3N(C(=O)N3CCOCC3)C(C)c3ccc(C(=O)O)cc3)cc2)cc(OC)c1OC. The summed E-state index contributed by atoms with van der Waals surface area (Å²) in [4.78, 5) is 29.2. The number of morpholine rings is 1.